The van der Waals surface area contributed by atoms with Crippen LogP contribution in [0.5, 0.6) is 0 Å². The summed E-state index contributed by atoms with van der Waals surface area (Å²) in [5.41, 5.74) is -0.482. The zero-order valence-electron chi connectivity index (χ0n) is 20.3. The second-order valence-electron chi connectivity index (χ2n) is 9.15. The van der Waals surface area contributed by atoms with Gasteiger partial charge in [-0.3, -0.25) is 4.99 Å². The lowest BCUT2D eigenvalue weighted by Crippen LogP contribution is -2.50. The van der Waals surface area contributed by atoms with Crippen LogP contribution >= 0.6 is 0 Å². The van der Waals surface area contributed by atoms with E-state index in [1.165, 1.54) is 0 Å². The maximum atomic E-state index is 12.4. The van der Waals surface area contributed by atoms with Gasteiger partial charge in [0.25, 0.3) is 0 Å². The Morgan fingerprint density at radius 3 is 2.43 bits per heavy atom. The van der Waals surface area contributed by atoms with Crippen molar-refractivity contribution < 1.29 is 14.3 Å². The Bertz CT molecular complexity index is 511. The van der Waals surface area contributed by atoms with Gasteiger partial charge in [0.15, 0.2) is 5.96 Å². The van der Waals surface area contributed by atoms with Gasteiger partial charge >= 0.3 is 6.09 Å². The van der Waals surface area contributed by atoms with Crippen LogP contribution in [-0.2, 0) is 9.47 Å². The van der Waals surface area contributed by atoms with Crippen molar-refractivity contribution in [2.75, 3.05) is 52.9 Å². The third kappa shape index (κ3) is 11.6. The largest absolute Gasteiger partial charge is 0.444 e. The molecule has 30 heavy (non-hydrogen) atoms. The molecular weight excluding hydrogens is 382 g/mol. The molecule has 2 N–H and O–H groups in total. The fourth-order valence-electron chi connectivity index (χ4n) is 3.31. The standard InChI is InChI=1S/C22H45N5O3/c1-8-12-27(21(28)30-22(4,5)6)15-11-24-20(23-7)25-19-9-13-26(14-10-19)16-17-29-18(2)3/h18-19H,8-17H2,1-7H3,(H2,23,24,25). The van der Waals surface area contributed by atoms with Crippen LogP contribution < -0.4 is 10.6 Å². The van der Waals surface area contributed by atoms with Crippen LogP contribution in [0.3, 0.4) is 0 Å². The van der Waals surface area contributed by atoms with E-state index in [1.807, 2.05) is 20.8 Å². The SMILES string of the molecule is CCCN(CCNC(=NC)NC1CCN(CCOC(C)C)CC1)C(=O)OC(C)(C)C. The highest BCUT2D eigenvalue weighted by Gasteiger charge is 2.22. The first-order valence-electron chi connectivity index (χ1n) is 11.4. The highest BCUT2D eigenvalue weighted by Crippen LogP contribution is 2.11. The van der Waals surface area contributed by atoms with Gasteiger partial charge in [-0.2, -0.15) is 0 Å². The van der Waals surface area contributed by atoms with Crippen molar-refractivity contribution in [3.05, 3.63) is 0 Å². The highest BCUT2D eigenvalue weighted by molar-refractivity contribution is 5.80. The average Bonchev–Trinajstić information content (AvgIpc) is 2.66. The van der Waals surface area contributed by atoms with Crippen LogP contribution in [0.4, 0.5) is 4.79 Å². The fourth-order valence-corrected chi connectivity index (χ4v) is 3.31. The van der Waals surface area contributed by atoms with Crippen LogP contribution in [0, 0.1) is 0 Å². The summed E-state index contributed by atoms with van der Waals surface area (Å²) < 4.78 is 11.2. The minimum Gasteiger partial charge on any atom is -0.444 e. The summed E-state index contributed by atoms with van der Waals surface area (Å²) in [7, 11) is 1.78. The molecule has 0 radical (unpaired) electrons. The summed E-state index contributed by atoms with van der Waals surface area (Å²) in [6.07, 6.45) is 3.10. The minimum absolute atomic E-state index is 0.261. The van der Waals surface area contributed by atoms with Crippen molar-refractivity contribution in [3.8, 4) is 0 Å². The molecule has 1 aliphatic rings. The monoisotopic (exact) mass is 427 g/mol. The maximum Gasteiger partial charge on any atom is 0.410 e. The number of nitrogens with zero attached hydrogens (tertiary/aromatic N) is 3. The first-order chi connectivity index (χ1) is 14.1. The average molecular weight is 428 g/mol. The van der Waals surface area contributed by atoms with E-state index < -0.39 is 5.60 Å². The maximum absolute atomic E-state index is 12.4. The summed E-state index contributed by atoms with van der Waals surface area (Å²) in [6.45, 7) is 17.7. The molecule has 1 amide bonds. The number of carbonyl (C=O) groups excluding carboxylic acids is 1. The minimum atomic E-state index is -0.482. The number of hydrogen-bond donors (Lipinski definition) is 2. The molecule has 1 heterocycles. The number of ether oxygens (including phenoxy) is 2. The number of nitrogens with one attached hydrogen (secondary N) is 2. The number of aliphatic imine (C=N–C) groups is 1. The van der Waals surface area contributed by atoms with E-state index in [0.29, 0.717) is 31.8 Å². The van der Waals surface area contributed by atoms with Crippen molar-refractivity contribution in [3.63, 3.8) is 0 Å². The summed E-state index contributed by atoms with van der Waals surface area (Å²) in [4.78, 5) is 20.9. The van der Waals surface area contributed by atoms with Crippen molar-refractivity contribution in [1.82, 2.24) is 20.4 Å². The summed E-state index contributed by atoms with van der Waals surface area (Å²) >= 11 is 0. The second kappa shape index (κ2) is 13.7. The Kier molecular flexibility index (Phi) is 12.1. The molecule has 0 aromatic carbocycles. The number of rotatable bonds is 10. The lowest BCUT2D eigenvalue weighted by Gasteiger charge is -2.33. The van der Waals surface area contributed by atoms with Gasteiger partial charge in [-0.25, -0.2) is 4.79 Å². The topological polar surface area (TPSA) is 78.4 Å². The van der Waals surface area contributed by atoms with Crippen molar-refractivity contribution >= 4 is 12.1 Å². The molecule has 0 aliphatic carbocycles. The molecule has 8 heteroatoms. The second-order valence-corrected chi connectivity index (χ2v) is 9.15. The molecule has 0 bridgehead atoms. The number of amides is 1. The first kappa shape index (κ1) is 26.5. The molecule has 0 aromatic heterocycles. The molecule has 1 saturated heterocycles. The van der Waals surface area contributed by atoms with Crippen LogP contribution in [0.1, 0.15) is 60.8 Å². The smallest absolute Gasteiger partial charge is 0.410 e. The number of guanidine groups is 1. The van der Waals surface area contributed by atoms with Gasteiger partial charge in [0.05, 0.1) is 12.7 Å². The molecule has 0 unspecified atom stereocenters. The molecule has 176 valence electrons. The van der Waals surface area contributed by atoms with Crippen LogP contribution in [0.2, 0.25) is 0 Å². The van der Waals surface area contributed by atoms with Gasteiger partial charge < -0.3 is 29.9 Å². The quantitative estimate of drug-likeness (QED) is 0.412. The third-order valence-corrected chi connectivity index (χ3v) is 4.83. The number of likely N-dealkylation sites (tertiary alicyclic amines) is 1. The molecule has 0 aromatic rings. The van der Waals surface area contributed by atoms with Gasteiger partial charge in [0, 0.05) is 52.4 Å². The van der Waals surface area contributed by atoms with Crippen molar-refractivity contribution in [1.29, 1.82) is 0 Å². The predicted molar refractivity (Wildman–Crippen MR) is 123 cm³/mol. The van der Waals surface area contributed by atoms with Gasteiger partial charge in [-0.1, -0.05) is 6.92 Å². The fraction of sp³-hybridized carbons (Fsp3) is 0.909. The van der Waals surface area contributed by atoms with E-state index in [0.717, 1.165) is 51.5 Å². The predicted octanol–water partition coefficient (Wildman–Crippen LogP) is 2.69. The molecule has 1 rings (SSSR count). The Morgan fingerprint density at radius 2 is 1.90 bits per heavy atom. The van der Waals surface area contributed by atoms with Crippen molar-refractivity contribution in [2.24, 2.45) is 4.99 Å². The van der Waals surface area contributed by atoms with E-state index in [4.69, 9.17) is 9.47 Å². The summed E-state index contributed by atoms with van der Waals surface area (Å²) in [5.74, 6) is 0.789. The number of carbonyl (C=O) groups is 1. The first-order valence-corrected chi connectivity index (χ1v) is 11.4. The Hall–Kier alpha value is -1.54. The highest BCUT2D eigenvalue weighted by atomic mass is 16.6. The number of piperidine rings is 1. The lowest BCUT2D eigenvalue weighted by molar-refractivity contribution is 0.0253. The molecule has 1 aliphatic heterocycles. The Morgan fingerprint density at radius 1 is 1.23 bits per heavy atom. The third-order valence-electron chi connectivity index (χ3n) is 4.83. The molecule has 8 nitrogen and oxygen atoms in total. The van der Waals surface area contributed by atoms with Crippen molar-refractivity contribution in [2.45, 2.75) is 78.6 Å². The van der Waals surface area contributed by atoms with Gasteiger partial charge in [-0.15, -0.1) is 0 Å². The van der Waals surface area contributed by atoms with Gasteiger partial charge in [-0.05, 0) is 53.9 Å². The molecule has 1 fully saturated rings. The van der Waals surface area contributed by atoms with Gasteiger partial charge in [0.1, 0.15) is 5.60 Å². The van der Waals surface area contributed by atoms with Crippen LogP contribution in [0.15, 0.2) is 4.99 Å². The zero-order chi connectivity index (χ0) is 22.6. The van der Waals surface area contributed by atoms with E-state index >= 15 is 0 Å². The summed E-state index contributed by atoms with van der Waals surface area (Å²) in [5, 5.41) is 6.86. The molecule has 0 atom stereocenters. The van der Waals surface area contributed by atoms with E-state index in [9.17, 15) is 4.79 Å². The van der Waals surface area contributed by atoms with Crippen LogP contribution in [0.25, 0.3) is 0 Å². The normalized spacial score (nSPS) is 16.6. The lowest BCUT2D eigenvalue weighted by atomic mass is 10.1. The molecular formula is C22H45N5O3. The van der Waals surface area contributed by atoms with E-state index in [-0.39, 0.29) is 6.09 Å². The van der Waals surface area contributed by atoms with E-state index in [1.54, 1.807) is 11.9 Å². The molecule has 0 spiro atoms. The van der Waals surface area contributed by atoms with Gasteiger partial charge in [0.2, 0.25) is 0 Å². The van der Waals surface area contributed by atoms with E-state index in [2.05, 4.69) is 41.3 Å². The number of hydrogen-bond acceptors (Lipinski definition) is 5. The van der Waals surface area contributed by atoms with Crippen LogP contribution in [-0.4, -0.2) is 92.5 Å². The zero-order valence-corrected chi connectivity index (χ0v) is 20.3. The Labute approximate surface area is 183 Å². The summed E-state index contributed by atoms with van der Waals surface area (Å²) in [6, 6.07) is 0.413. The molecule has 0 saturated carbocycles. The Balaban J connectivity index is 2.34.